The van der Waals surface area contributed by atoms with Gasteiger partial charge >= 0.3 is 0 Å². The molecule has 0 unspecified atom stereocenters. The van der Waals surface area contributed by atoms with Crippen molar-refractivity contribution in [3.8, 4) is 23.7 Å². The van der Waals surface area contributed by atoms with E-state index in [1.807, 2.05) is 38.1 Å². The Morgan fingerprint density at radius 1 is 0.708 bits per heavy atom. The van der Waals surface area contributed by atoms with Gasteiger partial charge in [0.15, 0.2) is 11.6 Å². The number of hydrogen-bond acceptors (Lipinski definition) is 2. The van der Waals surface area contributed by atoms with Crippen LogP contribution in [0.25, 0.3) is 0 Å². The zero-order valence-corrected chi connectivity index (χ0v) is 14.3. The van der Waals surface area contributed by atoms with Crippen LogP contribution in [0.15, 0.2) is 36.4 Å². The van der Waals surface area contributed by atoms with Crippen molar-refractivity contribution >= 4 is 11.6 Å². The Labute approximate surface area is 142 Å². The number of carbonyl (C=O) groups excluding carboxylic acids is 2. The van der Waals surface area contributed by atoms with E-state index in [1.165, 1.54) is 0 Å². The molecule has 0 N–H and O–H groups in total. The minimum atomic E-state index is 0.0520. The van der Waals surface area contributed by atoms with Crippen LogP contribution in [0.5, 0.6) is 0 Å². The lowest BCUT2D eigenvalue weighted by Crippen LogP contribution is -1.96. The third kappa shape index (κ3) is 4.22. The van der Waals surface area contributed by atoms with Crippen molar-refractivity contribution in [3.63, 3.8) is 0 Å². The molecule has 2 aromatic carbocycles. The predicted octanol–water partition coefficient (Wildman–Crippen LogP) is 4.11. The average molecular weight is 314 g/mol. The fraction of sp³-hybridized carbons (Fsp3) is 0.182. The summed E-state index contributed by atoms with van der Waals surface area (Å²) in [7, 11) is 0. The Hall–Kier alpha value is -3.10. The van der Waals surface area contributed by atoms with Crippen molar-refractivity contribution in [2.45, 2.75) is 27.7 Å². The molecule has 0 aliphatic carbocycles. The first-order chi connectivity index (χ1) is 11.4. The Morgan fingerprint density at radius 2 is 1.08 bits per heavy atom. The van der Waals surface area contributed by atoms with Gasteiger partial charge in [-0.1, -0.05) is 11.8 Å². The Balaban J connectivity index is 2.19. The summed E-state index contributed by atoms with van der Waals surface area (Å²) in [4.78, 5) is 22.8. The third-order valence-corrected chi connectivity index (χ3v) is 3.69. The van der Waals surface area contributed by atoms with E-state index in [4.69, 9.17) is 0 Å². The highest BCUT2D eigenvalue weighted by molar-refractivity contribution is 5.96. The molecule has 0 bridgehead atoms. The zero-order valence-electron chi connectivity index (χ0n) is 14.3. The van der Waals surface area contributed by atoms with Crippen molar-refractivity contribution in [1.82, 2.24) is 0 Å². The second kappa shape index (κ2) is 7.44. The Bertz CT molecular complexity index is 862. The number of hydrogen-bond donors (Lipinski definition) is 0. The van der Waals surface area contributed by atoms with Crippen LogP contribution >= 0.6 is 0 Å². The summed E-state index contributed by atoms with van der Waals surface area (Å²) in [6.45, 7) is 6.90. The SMILES string of the molecule is CC(=O)c1ccc(C#CC#Cc2ccc(C(C)=O)c(C)c2)cc1C. The molecule has 0 spiro atoms. The smallest absolute Gasteiger partial charge is 0.160 e. The maximum Gasteiger partial charge on any atom is 0.160 e. The first kappa shape index (κ1) is 17.3. The van der Waals surface area contributed by atoms with E-state index in [-0.39, 0.29) is 11.6 Å². The van der Waals surface area contributed by atoms with Crippen molar-refractivity contribution in [3.05, 3.63) is 69.8 Å². The summed E-state index contributed by atoms with van der Waals surface area (Å²) in [6.07, 6.45) is 0. The molecule has 0 aromatic heterocycles. The predicted molar refractivity (Wildman–Crippen MR) is 96.1 cm³/mol. The Morgan fingerprint density at radius 3 is 1.38 bits per heavy atom. The van der Waals surface area contributed by atoms with Gasteiger partial charge in [0.1, 0.15) is 0 Å². The second-order valence-corrected chi connectivity index (χ2v) is 5.67. The van der Waals surface area contributed by atoms with Gasteiger partial charge in [-0.3, -0.25) is 9.59 Å². The number of ketones is 2. The highest BCUT2D eigenvalue weighted by Gasteiger charge is 2.03. The fourth-order valence-corrected chi connectivity index (χ4v) is 2.48. The normalized spacial score (nSPS) is 9.33. The van der Waals surface area contributed by atoms with Gasteiger partial charge in [0.25, 0.3) is 0 Å². The van der Waals surface area contributed by atoms with E-state index >= 15 is 0 Å². The fourth-order valence-electron chi connectivity index (χ4n) is 2.48. The standard InChI is InChI=1S/C22H18O2/c1-15-13-19(9-11-21(15)17(3)23)7-5-6-8-20-10-12-22(18(4)24)16(2)14-20/h9-14H,1-4H3. The van der Waals surface area contributed by atoms with Crippen LogP contribution in [0.4, 0.5) is 0 Å². The van der Waals surface area contributed by atoms with Gasteiger partial charge in [0, 0.05) is 22.3 Å². The highest BCUT2D eigenvalue weighted by atomic mass is 16.1. The quantitative estimate of drug-likeness (QED) is 0.617. The minimum absolute atomic E-state index is 0.0520. The second-order valence-electron chi connectivity index (χ2n) is 5.67. The Kier molecular flexibility index (Phi) is 5.35. The van der Waals surface area contributed by atoms with Gasteiger partial charge in [-0.05, 0) is 87.1 Å². The largest absolute Gasteiger partial charge is 0.295 e. The lowest BCUT2D eigenvalue weighted by molar-refractivity contribution is 0.100. The van der Waals surface area contributed by atoms with Crippen LogP contribution in [0.2, 0.25) is 0 Å². The van der Waals surface area contributed by atoms with E-state index in [2.05, 4.69) is 23.7 Å². The summed E-state index contributed by atoms with van der Waals surface area (Å²) in [5.74, 6) is 11.7. The molecule has 0 radical (unpaired) electrons. The van der Waals surface area contributed by atoms with E-state index in [1.54, 1.807) is 26.0 Å². The van der Waals surface area contributed by atoms with E-state index in [0.717, 1.165) is 22.3 Å². The molecule has 0 amide bonds. The van der Waals surface area contributed by atoms with Gasteiger partial charge in [0.05, 0.1) is 0 Å². The van der Waals surface area contributed by atoms with Gasteiger partial charge < -0.3 is 0 Å². The molecule has 0 fully saturated rings. The molecule has 2 heteroatoms. The first-order valence-corrected chi connectivity index (χ1v) is 7.63. The van der Waals surface area contributed by atoms with Crippen LogP contribution in [-0.4, -0.2) is 11.6 Å². The molecule has 24 heavy (non-hydrogen) atoms. The molecule has 2 nitrogen and oxygen atoms in total. The van der Waals surface area contributed by atoms with Crippen LogP contribution in [0, 0.1) is 37.5 Å². The molecule has 0 aliphatic rings. The van der Waals surface area contributed by atoms with Crippen LogP contribution in [0.3, 0.4) is 0 Å². The summed E-state index contributed by atoms with van der Waals surface area (Å²) in [5, 5.41) is 0. The number of Topliss-reactive ketones (excluding diaryl/α,β-unsaturated/α-hetero) is 2. The molecule has 0 heterocycles. The van der Waals surface area contributed by atoms with Crippen LogP contribution in [-0.2, 0) is 0 Å². The molecule has 2 rings (SSSR count). The molecular weight excluding hydrogens is 296 g/mol. The molecular formula is C22H18O2. The number of carbonyl (C=O) groups is 2. The van der Waals surface area contributed by atoms with Crippen molar-refractivity contribution < 1.29 is 9.59 Å². The van der Waals surface area contributed by atoms with Gasteiger partial charge in [0.2, 0.25) is 0 Å². The van der Waals surface area contributed by atoms with Crippen LogP contribution in [0.1, 0.15) is 56.8 Å². The lowest BCUT2D eigenvalue weighted by atomic mass is 10.0. The van der Waals surface area contributed by atoms with Crippen molar-refractivity contribution in [1.29, 1.82) is 0 Å². The van der Waals surface area contributed by atoms with Gasteiger partial charge in [-0.25, -0.2) is 0 Å². The number of benzene rings is 2. The van der Waals surface area contributed by atoms with E-state index < -0.39 is 0 Å². The van der Waals surface area contributed by atoms with Gasteiger partial charge in [-0.2, -0.15) is 0 Å². The van der Waals surface area contributed by atoms with E-state index in [9.17, 15) is 9.59 Å². The maximum atomic E-state index is 11.4. The van der Waals surface area contributed by atoms with Crippen molar-refractivity contribution in [2.75, 3.05) is 0 Å². The molecule has 2 aromatic rings. The molecule has 0 aliphatic heterocycles. The van der Waals surface area contributed by atoms with Crippen LogP contribution < -0.4 is 0 Å². The van der Waals surface area contributed by atoms with Gasteiger partial charge in [-0.15, -0.1) is 0 Å². The molecule has 0 saturated carbocycles. The summed E-state index contributed by atoms with van der Waals surface area (Å²) < 4.78 is 0. The molecule has 0 saturated heterocycles. The monoisotopic (exact) mass is 314 g/mol. The maximum absolute atomic E-state index is 11.4. The number of rotatable bonds is 2. The molecule has 0 atom stereocenters. The first-order valence-electron chi connectivity index (χ1n) is 7.63. The topological polar surface area (TPSA) is 34.1 Å². The highest BCUT2D eigenvalue weighted by Crippen LogP contribution is 2.12. The third-order valence-electron chi connectivity index (χ3n) is 3.69. The summed E-state index contributed by atoms with van der Waals surface area (Å²) in [6, 6.07) is 11.0. The lowest BCUT2D eigenvalue weighted by Gasteiger charge is -2.01. The number of aryl methyl sites for hydroxylation is 2. The summed E-state index contributed by atoms with van der Waals surface area (Å²) in [5.41, 5.74) is 4.92. The summed E-state index contributed by atoms with van der Waals surface area (Å²) >= 11 is 0. The van der Waals surface area contributed by atoms with Crippen molar-refractivity contribution in [2.24, 2.45) is 0 Å². The average Bonchev–Trinajstić information content (AvgIpc) is 2.51. The zero-order chi connectivity index (χ0) is 17.7. The van der Waals surface area contributed by atoms with E-state index in [0.29, 0.717) is 11.1 Å². The molecule has 118 valence electrons. The minimum Gasteiger partial charge on any atom is -0.295 e.